The van der Waals surface area contributed by atoms with E-state index in [4.69, 9.17) is 9.47 Å². The Balaban J connectivity index is 2.09. The number of hydrogen-bond donors (Lipinski definition) is 2. The minimum Gasteiger partial charge on any atom is -0.508 e. The third-order valence-corrected chi connectivity index (χ3v) is 4.63. The van der Waals surface area contributed by atoms with E-state index in [1.54, 1.807) is 45.0 Å². The van der Waals surface area contributed by atoms with Crippen molar-refractivity contribution >= 4 is 6.16 Å². The van der Waals surface area contributed by atoms with E-state index < -0.39 is 11.8 Å². The van der Waals surface area contributed by atoms with Crippen LogP contribution in [0.1, 0.15) is 70.4 Å². The molecular formula is C23H30O5. The van der Waals surface area contributed by atoms with Crippen LogP contribution in [0.25, 0.3) is 0 Å². The Labute approximate surface area is 166 Å². The summed E-state index contributed by atoms with van der Waals surface area (Å²) < 4.78 is 10.2. The molecule has 2 aromatic carbocycles. The number of rotatable bonds is 6. The lowest BCUT2D eigenvalue weighted by Crippen LogP contribution is -2.26. The standard InChI is InChI=1S/C23H30O5/c1-6-16(13-15(2)17-7-10-19(24)11-8-17)18-9-12-21(20(25)14-18)27-22(26)28-23(3,4)5/h7-12,14-16,24-25H,6,13H2,1-5H3. The fourth-order valence-corrected chi connectivity index (χ4v) is 3.14. The highest BCUT2D eigenvalue weighted by Crippen LogP contribution is 2.36. The summed E-state index contributed by atoms with van der Waals surface area (Å²) >= 11 is 0. The predicted octanol–water partition coefficient (Wildman–Crippen LogP) is 6.10. The molecule has 5 heteroatoms. The molecule has 0 aliphatic rings. The van der Waals surface area contributed by atoms with Crippen molar-refractivity contribution in [1.29, 1.82) is 0 Å². The second kappa shape index (κ2) is 9.00. The van der Waals surface area contributed by atoms with E-state index in [2.05, 4.69) is 13.8 Å². The smallest absolute Gasteiger partial charge is 0.508 e. The van der Waals surface area contributed by atoms with Gasteiger partial charge in [-0.3, -0.25) is 0 Å². The fourth-order valence-electron chi connectivity index (χ4n) is 3.14. The van der Waals surface area contributed by atoms with Crippen LogP contribution in [0.15, 0.2) is 42.5 Å². The van der Waals surface area contributed by atoms with Gasteiger partial charge < -0.3 is 19.7 Å². The van der Waals surface area contributed by atoms with Crippen molar-refractivity contribution < 1.29 is 24.5 Å². The van der Waals surface area contributed by atoms with E-state index in [1.165, 1.54) is 0 Å². The van der Waals surface area contributed by atoms with Gasteiger partial charge in [-0.15, -0.1) is 0 Å². The Bertz CT molecular complexity index is 790. The van der Waals surface area contributed by atoms with E-state index in [0.29, 0.717) is 5.92 Å². The largest absolute Gasteiger partial charge is 0.514 e. The van der Waals surface area contributed by atoms with Crippen LogP contribution < -0.4 is 4.74 Å². The molecule has 0 radical (unpaired) electrons. The predicted molar refractivity (Wildman–Crippen MR) is 109 cm³/mol. The molecule has 0 aromatic heterocycles. The van der Waals surface area contributed by atoms with Gasteiger partial charge in [0, 0.05) is 0 Å². The normalized spacial score (nSPS) is 13.6. The summed E-state index contributed by atoms with van der Waals surface area (Å²) in [6.07, 6.45) is 0.963. The average molecular weight is 386 g/mol. The molecule has 0 spiro atoms. The van der Waals surface area contributed by atoms with Gasteiger partial charge in [-0.25, -0.2) is 4.79 Å². The van der Waals surface area contributed by atoms with Gasteiger partial charge >= 0.3 is 6.16 Å². The molecule has 5 nitrogen and oxygen atoms in total. The lowest BCUT2D eigenvalue weighted by Gasteiger charge is -2.22. The molecule has 2 atom stereocenters. The van der Waals surface area contributed by atoms with Gasteiger partial charge in [0.1, 0.15) is 11.4 Å². The zero-order valence-corrected chi connectivity index (χ0v) is 17.2. The number of phenolic OH excluding ortho intramolecular Hbond substituents is 2. The molecule has 0 fully saturated rings. The first-order valence-electron chi connectivity index (χ1n) is 9.61. The van der Waals surface area contributed by atoms with Gasteiger partial charge in [-0.1, -0.05) is 32.0 Å². The zero-order valence-electron chi connectivity index (χ0n) is 17.2. The molecule has 0 saturated heterocycles. The zero-order chi connectivity index (χ0) is 20.9. The fraction of sp³-hybridized carbons (Fsp3) is 0.435. The van der Waals surface area contributed by atoms with Crippen LogP contribution in [0.5, 0.6) is 17.2 Å². The SMILES string of the molecule is CCC(CC(C)c1ccc(O)cc1)c1ccc(OC(=O)OC(C)(C)C)c(O)c1. The van der Waals surface area contributed by atoms with Gasteiger partial charge in [-0.2, -0.15) is 0 Å². The van der Waals surface area contributed by atoms with E-state index in [-0.39, 0.29) is 23.2 Å². The Hall–Kier alpha value is -2.69. The second-order valence-electron chi connectivity index (χ2n) is 8.13. The molecule has 152 valence electrons. The molecule has 0 amide bonds. The molecule has 0 aliphatic carbocycles. The lowest BCUT2D eigenvalue weighted by atomic mass is 9.84. The number of carbonyl (C=O) groups is 1. The van der Waals surface area contributed by atoms with Crippen molar-refractivity contribution in [1.82, 2.24) is 0 Å². The van der Waals surface area contributed by atoms with Crippen molar-refractivity contribution in [3.05, 3.63) is 53.6 Å². The number of phenols is 2. The van der Waals surface area contributed by atoms with Crippen molar-refractivity contribution in [2.24, 2.45) is 0 Å². The Morgan fingerprint density at radius 1 is 1.04 bits per heavy atom. The maximum absolute atomic E-state index is 11.8. The first-order chi connectivity index (χ1) is 13.1. The molecule has 2 rings (SSSR count). The molecule has 0 heterocycles. The Morgan fingerprint density at radius 2 is 1.64 bits per heavy atom. The third-order valence-electron chi connectivity index (χ3n) is 4.63. The van der Waals surface area contributed by atoms with Crippen molar-refractivity contribution in [3.63, 3.8) is 0 Å². The Morgan fingerprint density at radius 3 is 2.18 bits per heavy atom. The molecule has 2 unspecified atom stereocenters. The van der Waals surface area contributed by atoms with E-state index >= 15 is 0 Å². The number of benzene rings is 2. The topological polar surface area (TPSA) is 76.0 Å². The maximum Gasteiger partial charge on any atom is 0.514 e. The van der Waals surface area contributed by atoms with Crippen LogP contribution in [0, 0.1) is 0 Å². The van der Waals surface area contributed by atoms with Crippen molar-refractivity contribution in [3.8, 4) is 17.2 Å². The first-order valence-corrected chi connectivity index (χ1v) is 9.61. The summed E-state index contributed by atoms with van der Waals surface area (Å²) in [4.78, 5) is 11.8. The van der Waals surface area contributed by atoms with Crippen molar-refractivity contribution in [2.45, 2.75) is 64.9 Å². The molecule has 2 N–H and O–H groups in total. The van der Waals surface area contributed by atoms with Crippen molar-refractivity contribution in [2.75, 3.05) is 0 Å². The van der Waals surface area contributed by atoms with E-state index in [9.17, 15) is 15.0 Å². The number of aromatic hydroxyl groups is 2. The summed E-state index contributed by atoms with van der Waals surface area (Å²) in [6, 6.07) is 12.4. The minimum atomic E-state index is -0.844. The highest BCUT2D eigenvalue weighted by molar-refractivity contribution is 5.66. The monoisotopic (exact) mass is 386 g/mol. The van der Waals surface area contributed by atoms with Gasteiger partial charge in [0.15, 0.2) is 11.5 Å². The average Bonchev–Trinajstić information content (AvgIpc) is 2.60. The summed E-state index contributed by atoms with van der Waals surface area (Å²) in [6.45, 7) is 9.50. The minimum absolute atomic E-state index is 0.0828. The van der Waals surface area contributed by atoms with Gasteiger partial charge in [0.25, 0.3) is 0 Å². The van der Waals surface area contributed by atoms with Gasteiger partial charge in [0.2, 0.25) is 0 Å². The number of carbonyl (C=O) groups excluding carboxylic acids is 1. The summed E-state index contributed by atoms with van der Waals surface area (Å²) in [5, 5.41) is 19.8. The number of hydrogen-bond acceptors (Lipinski definition) is 5. The van der Waals surface area contributed by atoms with E-state index in [1.807, 2.05) is 18.2 Å². The number of ether oxygens (including phenoxy) is 2. The highest BCUT2D eigenvalue weighted by Gasteiger charge is 2.21. The third kappa shape index (κ3) is 6.19. The second-order valence-corrected chi connectivity index (χ2v) is 8.13. The van der Waals surface area contributed by atoms with E-state index in [0.717, 1.165) is 24.0 Å². The molecular weight excluding hydrogens is 356 g/mol. The quantitative estimate of drug-likeness (QED) is 0.463. The molecule has 0 bridgehead atoms. The van der Waals surface area contributed by atoms with Crippen LogP contribution in [0.4, 0.5) is 4.79 Å². The maximum atomic E-state index is 11.8. The Kier molecular flexibility index (Phi) is 6.95. The molecule has 0 aliphatic heterocycles. The molecule has 0 saturated carbocycles. The summed E-state index contributed by atoms with van der Waals surface area (Å²) in [5.41, 5.74) is 1.48. The van der Waals surface area contributed by atoms with Gasteiger partial charge in [-0.05, 0) is 80.8 Å². The van der Waals surface area contributed by atoms with Crippen LogP contribution in [-0.4, -0.2) is 22.0 Å². The first kappa shape index (κ1) is 21.6. The summed E-state index contributed by atoms with van der Waals surface area (Å²) in [5.74, 6) is 0.794. The van der Waals surface area contributed by atoms with Gasteiger partial charge in [0.05, 0.1) is 0 Å². The molecule has 28 heavy (non-hydrogen) atoms. The van der Waals surface area contributed by atoms with Crippen LogP contribution in [0.2, 0.25) is 0 Å². The highest BCUT2D eigenvalue weighted by atomic mass is 16.7. The van der Waals surface area contributed by atoms with Crippen LogP contribution in [-0.2, 0) is 4.74 Å². The van der Waals surface area contributed by atoms with Crippen LogP contribution >= 0.6 is 0 Å². The molecule has 2 aromatic rings. The lowest BCUT2D eigenvalue weighted by molar-refractivity contribution is 0.0200. The van der Waals surface area contributed by atoms with Crippen LogP contribution in [0.3, 0.4) is 0 Å². The summed E-state index contributed by atoms with van der Waals surface area (Å²) in [7, 11) is 0.